The molecule has 0 aliphatic rings. The molecular weight excluding hydrogens is 351 g/mol. The zero-order valence-corrected chi connectivity index (χ0v) is 15.5. The second-order valence-electron chi connectivity index (χ2n) is 5.45. The lowest BCUT2D eigenvalue weighted by molar-refractivity contribution is -0.143. The molecular formula is C18H24Cl2O4. The Kier molecular flexibility index (Phi) is 10.5. The molecule has 6 heteroatoms. The molecule has 0 bridgehead atoms. The van der Waals surface area contributed by atoms with Crippen LogP contribution in [0.5, 0.6) is 5.75 Å². The Morgan fingerprint density at radius 2 is 1.50 bits per heavy atom. The molecule has 0 saturated heterocycles. The molecule has 0 unspecified atom stereocenters. The van der Waals surface area contributed by atoms with E-state index in [0.717, 1.165) is 38.5 Å². The number of rotatable bonds is 11. The normalized spacial score (nSPS) is 10.5. The summed E-state index contributed by atoms with van der Waals surface area (Å²) in [7, 11) is 0. The van der Waals surface area contributed by atoms with E-state index >= 15 is 0 Å². The van der Waals surface area contributed by atoms with E-state index in [1.807, 2.05) is 6.92 Å². The number of carbonyl (C=O) groups is 2. The summed E-state index contributed by atoms with van der Waals surface area (Å²) in [4.78, 5) is 22.9. The number of hydrogen-bond donors (Lipinski definition) is 0. The molecule has 1 rings (SSSR count). The summed E-state index contributed by atoms with van der Waals surface area (Å²) in [6.07, 6.45) is 6.51. The minimum absolute atomic E-state index is 0.125. The van der Waals surface area contributed by atoms with Crippen molar-refractivity contribution in [3.63, 3.8) is 0 Å². The van der Waals surface area contributed by atoms with Crippen LogP contribution in [-0.4, -0.2) is 18.5 Å². The van der Waals surface area contributed by atoms with Gasteiger partial charge in [0.1, 0.15) is 5.02 Å². The van der Waals surface area contributed by atoms with E-state index < -0.39 is 0 Å². The van der Waals surface area contributed by atoms with Crippen LogP contribution in [0.3, 0.4) is 0 Å². The van der Waals surface area contributed by atoms with Crippen LogP contribution < -0.4 is 4.74 Å². The van der Waals surface area contributed by atoms with Gasteiger partial charge < -0.3 is 9.47 Å². The SMILES string of the molecule is CCOC(=O)CCCCCCCCC(=O)Oc1cccc(Cl)c1Cl. The van der Waals surface area contributed by atoms with Crippen molar-refractivity contribution in [2.45, 2.75) is 58.3 Å². The minimum Gasteiger partial charge on any atom is -0.466 e. The van der Waals surface area contributed by atoms with Gasteiger partial charge in [-0.2, -0.15) is 0 Å². The van der Waals surface area contributed by atoms with Gasteiger partial charge in [-0.1, -0.05) is 55.0 Å². The first kappa shape index (κ1) is 20.8. The summed E-state index contributed by atoms with van der Waals surface area (Å²) >= 11 is 11.8. The Morgan fingerprint density at radius 3 is 2.12 bits per heavy atom. The van der Waals surface area contributed by atoms with Crippen LogP contribution in [0.15, 0.2) is 18.2 Å². The predicted molar refractivity (Wildman–Crippen MR) is 95.7 cm³/mol. The summed E-state index contributed by atoms with van der Waals surface area (Å²) in [5.41, 5.74) is 0. The number of benzene rings is 1. The predicted octanol–water partition coefficient (Wildman–Crippen LogP) is 5.58. The standard InChI is InChI=1S/C18H24Cl2O4/c1-2-23-16(21)12-7-5-3-4-6-8-13-17(22)24-15-11-9-10-14(19)18(15)20/h9-11H,2-8,12-13H2,1H3. The van der Waals surface area contributed by atoms with Crippen LogP contribution in [-0.2, 0) is 14.3 Å². The van der Waals surface area contributed by atoms with Gasteiger partial charge in [-0.15, -0.1) is 0 Å². The number of carbonyl (C=O) groups excluding carboxylic acids is 2. The molecule has 0 saturated carbocycles. The van der Waals surface area contributed by atoms with Gasteiger partial charge in [0.2, 0.25) is 0 Å². The van der Waals surface area contributed by atoms with Crippen molar-refractivity contribution < 1.29 is 19.1 Å². The first-order valence-corrected chi connectivity index (χ1v) is 9.10. The first-order chi connectivity index (χ1) is 11.5. The third-order valence-corrected chi connectivity index (χ3v) is 4.26. The third-order valence-electron chi connectivity index (χ3n) is 3.46. The van der Waals surface area contributed by atoms with Gasteiger partial charge in [-0.3, -0.25) is 9.59 Å². The Morgan fingerprint density at radius 1 is 0.917 bits per heavy atom. The highest BCUT2D eigenvalue weighted by Gasteiger charge is 2.10. The van der Waals surface area contributed by atoms with Gasteiger partial charge in [0, 0.05) is 12.8 Å². The number of esters is 2. The van der Waals surface area contributed by atoms with E-state index in [0.29, 0.717) is 30.2 Å². The van der Waals surface area contributed by atoms with E-state index in [9.17, 15) is 9.59 Å². The molecule has 0 aliphatic heterocycles. The summed E-state index contributed by atoms with van der Waals surface area (Å²) in [6.45, 7) is 2.25. The van der Waals surface area contributed by atoms with Crippen LogP contribution in [0, 0.1) is 0 Å². The molecule has 24 heavy (non-hydrogen) atoms. The molecule has 0 fully saturated rings. The van der Waals surface area contributed by atoms with Gasteiger partial charge in [0.05, 0.1) is 11.6 Å². The lowest BCUT2D eigenvalue weighted by Crippen LogP contribution is -2.07. The van der Waals surface area contributed by atoms with Crippen LogP contribution in [0.4, 0.5) is 0 Å². The summed E-state index contributed by atoms with van der Waals surface area (Å²) in [6, 6.07) is 4.95. The molecule has 0 amide bonds. The highest BCUT2D eigenvalue weighted by Crippen LogP contribution is 2.31. The molecule has 0 radical (unpaired) electrons. The number of ether oxygens (including phenoxy) is 2. The van der Waals surface area contributed by atoms with Crippen molar-refractivity contribution in [2.24, 2.45) is 0 Å². The summed E-state index contributed by atoms with van der Waals surface area (Å²) < 4.78 is 10.1. The summed E-state index contributed by atoms with van der Waals surface area (Å²) in [5, 5.41) is 0.624. The number of hydrogen-bond acceptors (Lipinski definition) is 4. The smallest absolute Gasteiger partial charge is 0.311 e. The van der Waals surface area contributed by atoms with Crippen molar-refractivity contribution in [2.75, 3.05) is 6.61 Å². The van der Waals surface area contributed by atoms with Gasteiger partial charge in [0.25, 0.3) is 0 Å². The van der Waals surface area contributed by atoms with Crippen LogP contribution in [0.2, 0.25) is 10.0 Å². The average Bonchev–Trinajstić information content (AvgIpc) is 2.54. The van der Waals surface area contributed by atoms with E-state index in [1.54, 1.807) is 18.2 Å². The lowest BCUT2D eigenvalue weighted by Gasteiger charge is -2.07. The fourth-order valence-electron chi connectivity index (χ4n) is 2.22. The maximum absolute atomic E-state index is 11.8. The Bertz CT molecular complexity index is 532. The summed E-state index contributed by atoms with van der Waals surface area (Å²) in [5.74, 6) is -0.130. The molecule has 0 atom stereocenters. The minimum atomic E-state index is -0.304. The van der Waals surface area contributed by atoms with E-state index in [-0.39, 0.29) is 17.0 Å². The molecule has 4 nitrogen and oxygen atoms in total. The number of unbranched alkanes of at least 4 members (excludes halogenated alkanes) is 5. The van der Waals surface area contributed by atoms with Crippen LogP contribution in [0.1, 0.15) is 58.3 Å². The lowest BCUT2D eigenvalue weighted by atomic mass is 10.1. The number of halogens is 2. The highest BCUT2D eigenvalue weighted by atomic mass is 35.5. The van der Waals surface area contributed by atoms with Gasteiger partial charge >= 0.3 is 11.9 Å². The molecule has 1 aromatic carbocycles. The van der Waals surface area contributed by atoms with Crippen molar-refractivity contribution in [3.8, 4) is 5.75 Å². The largest absolute Gasteiger partial charge is 0.466 e. The quantitative estimate of drug-likeness (QED) is 0.288. The maximum Gasteiger partial charge on any atom is 0.311 e. The van der Waals surface area contributed by atoms with Crippen molar-refractivity contribution in [3.05, 3.63) is 28.2 Å². The highest BCUT2D eigenvalue weighted by molar-refractivity contribution is 6.43. The molecule has 0 spiro atoms. The second kappa shape index (κ2) is 12.2. The first-order valence-electron chi connectivity index (χ1n) is 8.35. The monoisotopic (exact) mass is 374 g/mol. The maximum atomic E-state index is 11.8. The molecule has 0 heterocycles. The van der Waals surface area contributed by atoms with E-state index in [2.05, 4.69) is 0 Å². The zero-order valence-electron chi connectivity index (χ0n) is 14.0. The van der Waals surface area contributed by atoms with Crippen molar-refractivity contribution >= 4 is 35.1 Å². The Hall–Kier alpha value is -1.26. The fraction of sp³-hybridized carbons (Fsp3) is 0.556. The van der Waals surface area contributed by atoms with Crippen molar-refractivity contribution in [1.29, 1.82) is 0 Å². The second-order valence-corrected chi connectivity index (χ2v) is 6.24. The molecule has 1 aromatic rings. The zero-order chi connectivity index (χ0) is 17.8. The average molecular weight is 375 g/mol. The van der Waals surface area contributed by atoms with Gasteiger partial charge in [-0.25, -0.2) is 0 Å². The fourth-order valence-corrected chi connectivity index (χ4v) is 2.55. The Balaban J connectivity index is 2.06. The van der Waals surface area contributed by atoms with Gasteiger partial charge in [-0.05, 0) is 31.9 Å². The van der Waals surface area contributed by atoms with Crippen molar-refractivity contribution in [1.82, 2.24) is 0 Å². The molecule has 0 aliphatic carbocycles. The van der Waals surface area contributed by atoms with E-state index in [4.69, 9.17) is 32.7 Å². The topological polar surface area (TPSA) is 52.6 Å². The Labute approximate surface area is 153 Å². The molecule has 134 valence electrons. The third kappa shape index (κ3) is 8.55. The van der Waals surface area contributed by atoms with Crippen LogP contribution >= 0.6 is 23.2 Å². The van der Waals surface area contributed by atoms with E-state index in [1.165, 1.54) is 0 Å². The molecule has 0 aromatic heterocycles. The molecule has 0 N–H and O–H groups in total. The van der Waals surface area contributed by atoms with Crippen LogP contribution in [0.25, 0.3) is 0 Å². The van der Waals surface area contributed by atoms with Gasteiger partial charge in [0.15, 0.2) is 5.75 Å².